The van der Waals surface area contributed by atoms with E-state index in [1.807, 2.05) is 24.0 Å². The largest absolute Gasteiger partial charge is 0.481 e. The zero-order valence-corrected chi connectivity index (χ0v) is 10.8. The molecular weight excluding hydrogens is 230 g/mol. The highest BCUT2D eigenvalue weighted by atomic mass is 16.5. The van der Waals surface area contributed by atoms with Gasteiger partial charge in [-0.2, -0.15) is 10.1 Å². The molecule has 0 aliphatic heterocycles. The summed E-state index contributed by atoms with van der Waals surface area (Å²) in [6.45, 7) is 4.83. The summed E-state index contributed by atoms with van der Waals surface area (Å²) in [5.74, 6) is 1.11. The van der Waals surface area contributed by atoms with Gasteiger partial charge >= 0.3 is 0 Å². The van der Waals surface area contributed by atoms with E-state index in [0.29, 0.717) is 11.8 Å². The second-order valence-electron chi connectivity index (χ2n) is 4.21. The van der Waals surface area contributed by atoms with Crippen LogP contribution in [0.5, 0.6) is 5.88 Å². The third-order valence-corrected chi connectivity index (χ3v) is 2.44. The van der Waals surface area contributed by atoms with Gasteiger partial charge in [0, 0.05) is 24.5 Å². The number of hydrogen-bond acceptors (Lipinski definition) is 5. The zero-order valence-electron chi connectivity index (χ0n) is 10.8. The Labute approximate surface area is 106 Å². The minimum Gasteiger partial charge on any atom is -0.481 e. The van der Waals surface area contributed by atoms with E-state index in [2.05, 4.69) is 27.3 Å². The predicted octanol–water partition coefficient (Wildman–Crippen LogP) is 1.49. The van der Waals surface area contributed by atoms with Gasteiger partial charge in [0.25, 0.3) is 0 Å². The number of nitrogens with one attached hydrogen (secondary N) is 1. The van der Waals surface area contributed by atoms with Crippen LogP contribution in [0.25, 0.3) is 0 Å². The molecule has 0 bridgehead atoms. The van der Waals surface area contributed by atoms with Crippen LogP contribution in [0.2, 0.25) is 0 Å². The van der Waals surface area contributed by atoms with E-state index in [1.165, 1.54) is 0 Å². The monoisotopic (exact) mass is 247 g/mol. The van der Waals surface area contributed by atoms with Crippen molar-refractivity contribution in [2.24, 2.45) is 0 Å². The molecule has 0 aliphatic carbocycles. The third-order valence-electron chi connectivity index (χ3n) is 2.44. The maximum absolute atomic E-state index is 5.05. The average molecular weight is 247 g/mol. The number of ether oxygens (including phenoxy) is 1. The van der Waals surface area contributed by atoms with Crippen molar-refractivity contribution < 1.29 is 4.74 Å². The molecular formula is C12H17N5O. The minimum atomic E-state index is 0.177. The quantitative estimate of drug-likeness (QED) is 0.867. The van der Waals surface area contributed by atoms with E-state index in [0.717, 1.165) is 12.1 Å². The molecule has 1 atom stereocenters. The van der Waals surface area contributed by atoms with E-state index in [1.54, 1.807) is 19.4 Å². The molecule has 0 amide bonds. The van der Waals surface area contributed by atoms with Crippen LogP contribution < -0.4 is 10.1 Å². The van der Waals surface area contributed by atoms with E-state index in [-0.39, 0.29) is 6.04 Å². The number of nitrogens with zero attached hydrogens (tertiary/aromatic N) is 4. The van der Waals surface area contributed by atoms with Gasteiger partial charge in [-0.1, -0.05) is 0 Å². The molecule has 6 nitrogen and oxygen atoms in total. The van der Waals surface area contributed by atoms with Gasteiger partial charge in [0.15, 0.2) is 0 Å². The van der Waals surface area contributed by atoms with Gasteiger partial charge in [-0.15, -0.1) is 0 Å². The second kappa shape index (κ2) is 5.48. The number of rotatable bonds is 5. The maximum Gasteiger partial charge on any atom is 0.226 e. The van der Waals surface area contributed by atoms with Gasteiger partial charge in [-0.3, -0.25) is 4.68 Å². The maximum atomic E-state index is 5.05. The lowest BCUT2D eigenvalue weighted by Crippen LogP contribution is -2.23. The number of aryl methyl sites for hydroxylation is 1. The fourth-order valence-electron chi connectivity index (χ4n) is 1.64. The molecule has 0 saturated heterocycles. The fourth-order valence-corrected chi connectivity index (χ4v) is 1.64. The summed E-state index contributed by atoms with van der Waals surface area (Å²) >= 11 is 0. The average Bonchev–Trinajstić information content (AvgIpc) is 2.74. The Hall–Kier alpha value is -2.11. The molecule has 18 heavy (non-hydrogen) atoms. The first-order valence-electron chi connectivity index (χ1n) is 5.80. The lowest BCUT2D eigenvalue weighted by molar-refractivity contribution is 0.397. The number of aromatic nitrogens is 4. The van der Waals surface area contributed by atoms with Crippen LogP contribution in [-0.2, 0) is 6.54 Å². The Morgan fingerprint density at radius 1 is 1.50 bits per heavy atom. The molecule has 2 rings (SSSR count). The standard InChI is InChI=1S/C12H17N5O/c1-9-6-14-17(7-9)8-10(2)15-12-13-5-4-11(16-12)18-3/h4-7,10H,8H2,1-3H3,(H,13,15,16). The van der Waals surface area contributed by atoms with Crippen LogP contribution in [0.3, 0.4) is 0 Å². The molecule has 2 aromatic heterocycles. The molecule has 0 spiro atoms. The summed E-state index contributed by atoms with van der Waals surface area (Å²) in [7, 11) is 1.59. The highest BCUT2D eigenvalue weighted by molar-refractivity contribution is 5.28. The van der Waals surface area contributed by atoms with E-state index < -0.39 is 0 Å². The Bertz CT molecular complexity index is 511. The Kier molecular flexibility index (Phi) is 3.76. The van der Waals surface area contributed by atoms with E-state index in [4.69, 9.17) is 4.74 Å². The van der Waals surface area contributed by atoms with Crippen molar-refractivity contribution in [3.63, 3.8) is 0 Å². The molecule has 0 saturated carbocycles. The highest BCUT2D eigenvalue weighted by Gasteiger charge is 2.06. The Morgan fingerprint density at radius 3 is 3.00 bits per heavy atom. The van der Waals surface area contributed by atoms with Gasteiger partial charge < -0.3 is 10.1 Å². The normalized spacial score (nSPS) is 12.2. The summed E-state index contributed by atoms with van der Waals surface area (Å²) in [5.41, 5.74) is 1.15. The van der Waals surface area contributed by atoms with Crippen molar-refractivity contribution in [1.82, 2.24) is 19.7 Å². The van der Waals surface area contributed by atoms with Crippen LogP contribution >= 0.6 is 0 Å². The summed E-state index contributed by atoms with van der Waals surface area (Å²) < 4.78 is 6.95. The van der Waals surface area contributed by atoms with Gasteiger partial charge in [0.05, 0.1) is 19.9 Å². The fraction of sp³-hybridized carbons (Fsp3) is 0.417. The first kappa shape index (κ1) is 12.3. The predicted molar refractivity (Wildman–Crippen MR) is 68.6 cm³/mol. The molecule has 2 heterocycles. The van der Waals surface area contributed by atoms with Crippen LogP contribution in [0.15, 0.2) is 24.7 Å². The highest BCUT2D eigenvalue weighted by Crippen LogP contribution is 2.08. The molecule has 1 N–H and O–H groups in total. The second-order valence-corrected chi connectivity index (χ2v) is 4.21. The van der Waals surface area contributed by atoms with Crippen molar-refractivity contribution in [3.8, 4) is 5.88 Å². The van der Waals surface area contributed by atoms with Crippen molar-refractivity contribution >= 4 is 5.95 Å². The first-order chi connectivity index (χ1) is 8.67. The minimum absolute atomic E-state index is 0.177. The van der Waals surface area contributed by atoms with Crippen LogP contribution in [0, 0.1) is 6.92 Å². The Morgan fingerprint density at radius 2 is 2.33 bits per heavy atom. The lowest BCUT2D eigenvalue weighted by atomic mass is 10.3. The van der Waals surface area contributed by atoms with Gasteiger partial charge in [-0.25, -0.2) is 4.98 Å². The van der Waals surface area contributed by atoms with Gasteiger partial charge in [0.1, 0.15) is 0 Å². The molecule has 2 aromatic rings. The van der Waals surface area contributed by atoms with Crippen molar-refractivity contribution in [2.75, 3.05) is 12.4 Å². The van der Waals surface area contributed by atoms with Crippen LogP contribution in [-0.4, -0.2) is 32.9 Å². The summed E-state index contributed by atoms with van der Waals surface area (Å²) in [4.78, 5) is 8.35. The summed E-state index contributed by atoms with van der Waals surface area (Å²) in [5, 5.41) is 7.45. The first-order valence-corrected chi connectivity index (χ1v) is 5.80. The number of methoxy groups -OCH3 is 1. The van der Waals surface area contributed by atoms with Crippen molar-refractivity contribution in [1.29, 1.82) is 0 Å². The van der Waals surface area contributed by atoms with Gasteiger partial charge in [-0.05, 0) is 19.4 Å². The van der Waals surface area contributed by atoms with Crippen molar-refractivity contribution in [3.05, 3.63) is 30.2 Å². The van der Waals surface area contributed by atoms with Crippen LogP contribution in [0.4, 0.5) is 5.95 Å². The third kappa shape index (κ3) is 3.19. The number of hydrogen-bond donors (Lipinski definition) is 1. The van der Waals surface area contributed by atoms with E-state index >= 15 is 0 Å². The molecule has 0 aromatic carbocycles. The SMILES string of the molecule is COc1ccnc(NC(C)Cn2cc(C)cn2)n1. The van der Waals surface area contributed by atoms with E-state index in [9.17, 15) is 0 Å². The topological polar surface area (TPSA) is 64.9 Å². The van der Waals surface area contributed by atoms with Crippen molar-refractivity contribution in [2.45, 2.75) is 26.4 Å². The summed E-state index contributed by atoms with van der Waals surface area (Å²) in [6, 6.07) is 1.89. The lowest BCUT2D eigenvalue weighted by Gasteiger charge is -2.13. The molecule has 1 unspecified atom stereocenters. The molecule has 0 radical (unpaired) electrons. The molecule has 6 heteroatoms. The van der Waals surface area contributed by atoms with Crippen LogP contribution in [0.1, 0.15) is 12.5 Å². The zero-order chi connectivity index (χ0) is 13.0. The smallest absolute Gasteiger partial charge is 0.226 e. The molecule has 0 aliphatic rings. The summed E-state index contributed by atoms with van der Waals surface area (Å²) in [6.07, 6.45) is 5.51. The van der Waals surface area contributed by atoms with Gasteiger partial charge in [0.2, 0.25) is 11.8 Å². The Balaban J connectivity index is 1.96. The number of anilines is 1. The molecule has 96 valence electrons. The molecule has 0 fully saturated rings.